The summed E-state index contributed by atoms with van der Waals surface area (Å²) in [4.78, 5) is 29.5. The predicted molar refractivity (Wildman–Crippen MR) is 106 cm³/mol. The van der Waals surface area contributed by atoms with Crippen LogP contribution in [0.1, 0.15) is 26.4 Å². The standard InChI is InChI=1S/C22H23N3O2/c1-16-20(18-10-6-7-11-19(18)23(16)2)22(27)25-14-12-24(13-15-25)21(26)17-8-4-3-5-9-17/h3-11H,12-15H2,1-2H3. The fraction of sp³-hybridized carbons (Fsp3) is 0.273. The monoisotopic (exact) mass is 361 g/mol. The smallest absolute Gasteiger partial charge is 0.256 e. The summed E-state index contributed by atoms with van der Waals surface area (Å²) in [5.74, 6) is 0.0835. The number of benzene rings is 2. The van der Waals surface area contributed by atoms with Gasteiger partial charge < -0.3 is 14.4 Å². The molecular formula is C22H23N3O2. The van der Waals surface area contributed by atoms with Gasteiger partial charge in [-0.15, -0.1) is 0 Å². The summed E-state index contributed by atoms with van der Waals surface area (Å²) in [6.07, 6.45) is 0. The second-order valence-corrected chi connectivity index (χ2v) is 6.99. The van der Waals surface area contributed by atoms with Gasteiger partial charge in [-0.25, -0.2) is 0 Å². The van der Waals surface area contributed by atoms with Crippen LogP contribution in [-0.2, 0) is 7.05 Å². The molecule has 0 radical (unpaired) electrons. The molecule has 5 heteroatoms. The van der Waals surface area contributed by atoms with Crippen LogP contribution in [0.2, 0.25) is 0 Å². The highest BCUT2D eigenvalue weighted by molar-refractivity contribution is 6.08. The van der Waals surface area contributed by atoms with Gasteiger partial charge in [0.05, 0.1) is 5.56 Å². The van der Waals surface area contributed by atoms with Crippen molar-refractivity contribution in [2.75, 3.05) is 26.2 Å². The zero-order valence-electron chi connectivity index (χ0n) is 15.7. The van der Waals surface area contributed by atoms with Gasteiger partial charge >= 0.3 is 0 Å². The zero-order chi connectivity index (χ0) is 19.0. The molecule has 0 aliphatic carbocycles. The van der Waals surface area contributed by atoms with Crippen LogP contribution < -0.4 is 0 Å². The maximum absolute atomic E-state index is 13.2. The van der Waals surface area contributed by atoms with Gasteiger partial charge in [0.15, 0.2) is 0 Å². The van der Waals surface area contributed by atoms with Crippen LogP contribution >= 0.6 is 0 Å². The van der Waals surface area contributed by atoms with Gasteiger partial charge in [-0.1, -0.05) is 36.4 Å². The van der Waals surface area contributed by atoms with E-state index in [2.05, 4.69) is 4.57 Å². The van der Waals surface area contributed by atoms with Gasteiger partial charge in [0.1, 0.15) is 0 Å². The van der Waals surface area contributed by atoms with Crippen molar-refractivity contribution in [3.63, 3.8) is 0 Å². The molecule has 2 aromatic carbocycles. The third kappa shape index (κ3) is 2.99. The summed E-state index contributed by atoms with van der Waals surface area (Å²) in [6.45, 7) is 4.22. The van der Waals surface area contributed by atoms with Crippen LogP contribution in [-0.4, -0.2) is 52.4 Å². The maximum Gasteiger partial charge on any atom is 0.256 e. The second-order valence-electron chi connectivity index (χ2n) is 6.99. The number of aromatic nitrogens is 1. The maximum atomic E-state index is 13.2. The first kappa shape index (κ1) is 17.3. The number of piperazine rings is 1. The Balaban J connectivity index is 1.51. The Kier molecular flexibility index (Phi) is 4.44. The highest BCUT2D eigenvalue weighted by Crippen LogP contribution is 2.26. The summed E-state index contributed by atoms with van der Waals surface area (Å²) < 4.78 is 2.07. The van der Waals surface area contributed by atoms with Crippen molar-refractivity contribution in [2.24, 2.45) is 7.05 Å². The molecule has 4 rings (SSSR count). The number of fused-ring (bicyclic) bond motifs is 1. The topological polar surface area (TPSA) is 45.6 Å². The predicted octanol–water partition coefficient (Wildman–Crippen LogP) is 3.08. The van der Waals surface area contributed by atoms with E-state index in [1.165, 1.54) is 0 Å². The van der Waals surface area contributed by atoms with E-state index in [1.807, 2.05) is 78.4 Å². The highest BCUT2D eigenvalue weighted by atomic mass is 16.2. The number of hydrogen-bond acceptors (Lipinski definition) is 2. The van der Waals surface area contributed by atoms with Crippen molar-refractivity contribution in [2.45, 2.75) is 6.92 Å². The summed E-state index contributed by atoms with van der Waals surface area (Å²) in [7, 11) is 1.99. The van der Waals surface area contributed by atoms with Crippen LogP contribution in [0.25, 0.3) is 10.9 Å². The van der Waals surface area contributed by atoms with Crippen molar-refractivity contribution >= 4 is 22.7 Å². The van der Waals surface area contributed by atoms with Crippen LogP contribution in [0.5, 0.6) is 0 Å². The first-order valence-corrected chi connectivity index (χ1v) is 9.25. The van der Waals surface area contributed by atoms with E-state index in [-0.39, 0.29) is 11.8 Å². The Morgan fingerprint density at radius 2 is 1.33 bits per heavy atom. The molecule has 138 valence electrons. The second kappa shape index (κ2) is 6.91. The highest BCUT2D eigenvalue weighted by Gasteiger charge is 2.28. The van der Waals surface area contributed by atoms with Crippen molar-refractivity contribution in [3.05, 3.63) is 71.4 Å². The minimum Gasteiger partial charge on any atom is -0.347 e. The van der Waals surface area contributed by atoms with E-state index in [0.717, 1.165) is 22.2 Å². The lowest BCUT2D eigenvalue weighted by molar-refractivity contribution is 0.0536. The number of amides is 2. The number of rotatable bonds is 2. The van der Waals surface area contributed by atoms with E-state index in [9.17, 15) is 9.59 Å². The van der Waals surface area contributed by atoms with Crippen LogP contribution in [0.4, 0.5) is 0 Å². The fourth-order valence-electron chi connectivity index (χ4n) is 3.82. The number of carbonyl (C=O) groups excluding carboxylic acids is 2. The lowest BCUT2D eigenvalue weighted by Crippen LogP contribution is -2.50. The Morgan fingerprint density at radius 3 is 2.00 bits per heavy atom. The number of hydrogen-bond donors (Lipinski definition) is 0. The molecular weight excluding hydrogens is 338 g/mol. The molecule has 27 heavy (non-hydrogen) atoms. The van der Waals surface area contributed by atoms with E-state index in [1.54, 1.807) is 0 Å². The molecule has 5 nitrogen and oxygen atoms in total. The molecule has 1 aliphatic rings. The lowest BCUT2D eigenvalue weighted by Gasteiger charge is -2.35. The SMILES string of the molecule is Cc1c(C(=O)N2CCN(C(=O)c3ccccc3)CC2)c2ccccc2n1C. The summed E-state index contributed by atoms with van der Waals surface area (Å²) >= 11 is 0. The van der Waals surface area contributed by atoms with Gasteiger partial charge in [-0.05, 0) is 25.1 Å². The van der Waals surface area contributed by atoms with Crippen molar-refractivity contribution < 1.29 is 9.59 Å². The average molecular weight is 361 g/mol. The summed E-state index contributed by atoms with van der Waals surface area (Å²) in [5, 5.41) is 0.991. The molecule has 0 atom stereocenters. The molecule has 0 saturated carbocycles. The largest absolute Gasteiger partial charge is 0.347 e. The van der Waals surface area contributed by atoms with E-state index in [0.29, 0.717) is 31.7 Å². The van der Waals surface area contributed by atoms with Gasteiger partial charge in [-0.3, -0.25) is 9.59 Å². The molecule has 0 bridgehead atoms. The Morgan fingerprint density at radius 1 is 0.778 bits per heavy atom. The first-order chi connectivity index (χ1) is 13.1. The van der Waals surface area contributed by atoms with E-state index in [4.69, 9.17) is 0 Å². The third-order valence-electron chi connectivity index (χ3n) is 5.49. The molecule has 2 amide bonds. The fourth-order valence-corrected chi connectivity index (χ4v) is 3.82. The zero-order valence-corrected chi connectivity index (χ0v) is 15.7. The minimum atomic E-state index is 0.0315. The Labute approximate surface area is 158 Å². The first-order valence-electron chi connectivity index (χ1n) is 9.25. The van der Waals surface area contributed by atoms with Crippen molar-refractivity contribution in [3.8, 4) is 0 Å². The van der Waals surface area contributed by atoms with Gasteiger partial charge in [0, 0.05) is 55.4 Å². The normalized spacial score (nSPS) is 14.6. The molecule has 2 heterocycles. The number of carbonyl (C=O) groups is 2. The third-order valence-corrected chi connectivity index (χ3v) is 5.49. The molecule has 1 aliphatic heterocycles. The molecule has 0 N–H and O–H groups in total. The molecule has 1 aromatic heterocycles. The summed E-state index contributed by atoms with van der Waals surface area (Å²) in [6, 6.07) is 17.3. The van der Waals surface area contributed by atoms with Crippen LogP contribution in [0.3, 0.4) is 0 Å². The molecule has 0 spiro atoms. The van der Waals surface area contributed by atoms with Crippen molar-refractivity contribution in [1.29, 1.82) is 0 Å². The minimum absolute atomic E-state index is 0.0315. The Bertz CT molecular complexity index is 999. The Hall–Kier alpha value is -3.08. The van der Waals surface area contributed by atoms with Gasteiger partial charge in [0.25, 0.3) is 11.8 Å². The van der Waals surface area contributed by atoms with Gasteiger partial charge in [-0.2, -0.15) is 0 Å². The summed E-state index contributed by atoms with van der Waals surface area (Å²) in [5.41, 5.74) is 3.51. The number of nitrogens with zero attached hydrogens (tertiary/aromatic N) is 3. The molecule has 1 saturated heterocycles. The van der Waals surface area contributed by atoms with Crippen molar-refractivity contribution in [1.82, 2.24) is 14.4 Å². The van der Waals surface area contributed by atoms with Gasteiger partial charge in [0.2, 0.25) is 0 Å². The molecule has 0 unspecified atom stereocenters. The molecule has 3 aromatic rings. The van der Waals surface area contributed by atoms with Crippen LogP contribution in [0.15, 0.2) is 54.6 Å². The van der Waals surface area contributed by atoms with E-state index < -0.39 is 0 Å². The molecule has 1 fully saturated rings. The number of aryl methyl sites for hydroxylation is 1. The van der Waals surface area contributed by atoms with Crippen LogP contribution in [0, 0.1) is 6.92 Å². The number of para-hydroxylation sites is 1. The quantitative estimate of drug-likeness (QED) is 0.704. The average Bonchev–Trinajstić information content (AvgIpc) is 2.98. The van der Waals surface area contributed by atoms with E-state index >= 15 is 0 Å². The lowest BCUT2D eigenvalue weighted by atomic mass is 10.1.